The first-order chi connectivity index (χ1) is 46.4. The summed E-state index contributed by atoms with van der Waals surface area (Å²) in [6.45, 7) is 9.52. The molecule has 0 aliphatic rings. The van der Waals surface area contributed by atoms with Gasteiger partial charge in [-0.15, -0.1) is 0 Å². The van der Waals surface area contributed by atoms with Crippen molar-refractivity contribution in [3.63, 3.8) is 0 Å². The van der Waals surface area contributed by atoms with Crippen molar-refractivity contribution in [3.05, 3.63) is 24.3 Å². The first kappa shape index (κ1) is 93.5. The first-order valence-corrected chi connectivity index (χ1v) is 42.3. The number of rotatable bonds is 74. The highest BCUT2D eigenvalue weighted by Crippen LogP contribution is 2.45. The molecule has 2 unspecified atom stereocenters. The predicted molar refractivity (Wildman–Crippen MR) is 391 cm³/mol. The van der Waals surface area contributed by atoms with Crippen LogP contribution in [0.2, 0.25) is 0 Å². The van der Waals surface area contributed by atoms with Gasteiger partial charge in [0.2, 0.25) is 0 Å². The molecule has 0 fully saturated rings. The van der Waals surface area contributed by atoms with Gasteiger partial charge in [0.1, 0.15) is 19.3 Å². The maximum absolute atomic E-state index is 13.1. The molecule has 0 aliphatic heterocycles. The molecule has 0 amide bonds. The summed E-state index contributed by atoms with van der Waals surface area (Å²) in [6.07, 6.45) is 59.0. The minimum Gasteiger partial charge on any atom is -0.462 e. The van der Waals surface area contributed by atoms with Gasteiger partial charge in [-0.25, -0.2) is 9.13 Å². The van der Waals surface area contributed by atoms with Crippen LogP contribution in [0.15, 0.2) is 24.3 Å². The van der Waals surface area contributed by atoms with Gasteiger partial charge in [-0.1, -0.05) is 323 Å². The number of aliphatic hydroxyl groups is 1. The Labute approximate surface area is 586 Å². The Hall–Kier alpha value is -2.46. The van der Waals surface area contributed by atoms with Crippen LogP contribution in [0.3, 0.4) is 0 Å². The van der Waals surface area contributed by atoms with Crippen LogP contribution in [-0.2, 0) is 65.4 Å². The summed E-state index contributed by atoms with van der Waals surface area (Å²) in [6, 6.07) is 0. The Balaban J connectivity index is 5.30. The van der Waals surface area contributed by atoms with Crippen molar-refractivity contribution < 1.29 is 80.2 Å². The molecule has 19 heteroatoms. The van der Waals surface area contributed by atoms with Crippen molar-refractivity contribution >= 4 is 39.5 Å². The Morgan fingerprint density at radius 1 is 0.323 bits per heavy atom. The summed E-state index contributed by atoms with van der Waals surface area (Å²) in [4.78, 5) is 72.8. The molecular formula is C77H146O17P2. The lowest BCUT2D eigenvalue weighted by molar-refractivity contribution is -0.161. The van der Waals surface area contributed by atoms with Crippen molar-refractivity contribution in [2.75, 3.05) is 39.6 Å². The second-order valence-corrected chi connectivity index (χ2v) is 30.9. The molecule has 0 aliphatic carbocycles. The summed E-state index contributed by atoms with van der Waals surface area (Å²) in [5.41, 5.74) is 0. The van der Waals surface area contributed by atoms with E-state index in [9.17, 15) is 43.2 Å². The van der Waals surface area contributed by atoms with Gasteiger partial charge in [0.25, 0.3) is 0 Å². The van der Waals surface area contributed by atoms with E-state index in [1.54, 1.807) is 0 Å². The van der Waals surface area contributed by atoms with Gasteiger partial charge in [-0.05, 0) is 63.2 Å². The van der Waals surface area contributed by atoms with Crippen LogP contribution in [0.4, 0.5) is 0 Å². The van der Waals surface area contributed by atoms with E-state index in [4.69, 9.17) is 37.0 Å². The number of aliphatic hydroxyl groups excluding tert-OH is 1. The quantitative estimate of drug-likeness (QED) is 0.0169. The Morgan fingerprint density at radius 3 is 0.854 bits per heavy atom. The van der Waals surface area contributed by atoms with Crippen molar-refractivity contribution in [2.24, 2.45) is 11.8 Å². The summed E-state index contributed by atoms with van der Waals surface area (Å²) < 4.78 is 68.5. The molecule has 5 atom stereocenters. The van der Waals surface area contributed by atoms with Crippen molar-refractivity contribution in [2.45, 2.75) is 394 Å². The predicted octanol–water partition coefficient (Wildman–Crippen LogP) is 22.3. The lowest BCUT2D eigenvalue weighted by Gasteiger charge is -2.21. The van der Waals surface area contributed by atoms with E-state index >= 15 is 0 Å². The van der Waals surface area contributed by atoms with Gasteiger partial charge in [-0.2, -0.15) is 0 Å². The first-order valence-electron chi connectivity index (χ1n) is 39.3. The van der Waals surface area contributed by atoms with Crippen LogP contribution >= 0.6 is 15.6 Å². The number of carbonyl (C=O) groups is 4. The fourth-order valence-electron chi connectivity index (χ4n) is 11.3. The van der Waals surface area contributed by atoms with E-state index in [0.717, 1.165) is 121 Å². The fourth-order valence-corrected chi connectivity index (χ4v) is 12.9. The van der Waals surface area contributed by atoms with Gasteiger partial charge in [0.15, 0.2) is 12.2 Å². The summed E-state index contributed by atoms with van der Waals surface area (Å²) in [5.74, 6) is -0.635. The number of ether oxygens (including phenoxy) is 4. The van der Waals surface area contributed by atoms with E-state index in [-0.39, 0.29) is 25.7 Å². The van der Waals surface area contributed by atoms with E-state index in [1.165, 1.54) is 173 Å². The van der Waals surface area contributed by atoms with E-state index in [0.29, 0.717) is 25.7 Å². The topological polar surface area (TPSA) is 237 Å². The third kappa shape index (κ3) is 70.0. The number of carbonyl (C=O) groups excluding carboxylic acids is 4. The molecule has 0 aromatic heterocycles. The zero-order valence-electron chi connectivity index (χ0n) is 62.2. The second kappa shape index (κ2) is 68.3. The Bertz CT molecular complexity index is 1950. The van der Waals surface area contributed by atoms with Crippen LogP contribution in [0.25, 0.3) is 0 Å². The molecule has 3 N–H and O–H groups in total. The fraction of sp³-hybridized carbons (Fsp3) is 0.896. The molecule has 0 saturated carbocycles. The molecule has 96 heavy (non-hydrogen) atoms. The number of phosphoric ester groups is 2. The highest BCUT2D eigenvalue weighted by molar-refractivity contribution is 7.47. The molecular weight excluding hydrogens is 1260 g/mol. The summed E-state index contributed by atoms with van der Waals surface area (Å²) in [7, 11) is -9.92. The average Bonchev–Trinajstić information content (AvgIpc) is 1.22. The zero-order valence-corrected chi connectivity index (χ0v) is 63.9. The number of hydrogen-bond acceptors (Lipinski definition) is 15. The third-order valence-electron chi connectivity index (χ3n) is 17.3. The number of allylic oxidation sites excluding steroid dienone is 4. The molecule has 0 aromatic carbocycles. The molecule has 0 aromatic rings. The maximum Gasteiger partial charge on any atom is 0.472 e. The van der Waals surface area contributed by atoms with E-state index in [1.807, 2.05) is 0 Å². The van der Waals surface area contributed by atoms with Crippen molar-refractivity contribution in [3.8, 4) is 0 Å². The molecule has 0 bridgehead atoms. The SMILES string of the molecule is CCCCCC/C=C\C=C/CCCCCCCC(=O)OC[C@H](COP(=O)(O)OC[C@@H](O)COP(=O)(O)OC[C@@H](COC(=O)CCCCCCCCCCC(C)C)OC(=O)CCCCCCCCCCCCCCCC)OC(=O)CCCCCCCCCCCCCCCC(C)C. The molecule has 17 nitrogen and oxygen atoms in total. The highest BCUT2D eigenvalue weighted by atomic mass is 31.2. The lowest BCUT2D eigenvalue weighted by atomic mass is 10.0. The minimum absolute atomic E-state index is 0.100. The van der Waals surface area contributed by atoms with Gasteiger partial charge in [0.05, 0.1) is 26.4 Å². The Morgan fingerprint density at radius 2 is 0.562 bits per heavy atom. The number of unbranched alkanes of at least 4 members (excludes halogenated alkanes) is 41. The molecule has 566 valence electrons. The largest absolute Gasteiger partial charge is 0.472 e. The van der Waals surface area contributed by atoms with E-state index < -0.39 is 97.5 Å². The van der Waals surface area contributed by atoms with E-state index in [2.05, 4.69) is 65.8 Å². The van der Waals surface area contributed by atoms with Gasteiger partial charge >= 0.3 is 39.5 Å². The van der Waals surface area contributed by atoms with Crippen molar-refractivity contribution in [1.82, 2.24) is 0 Å². The number of phosphoric acid groups is 2. The maximum atomic E-state index is 13.1. The van der Waals surface area contributed by atoms with Crippen LogP contribution in [0, 0.1) is 11.8 Å². The van der Waals surface area contributed by atoms with Crippen LogP contribution in [-0.4, -0.2) is 96.7 Å². The lowest BCUT2D eigenvalue weighted by Crippen LogP contribution is -2.30. The molecule has 0 rings (SSSR count). The number of esters is 4. The monoisotopic (exact) mass is 1410 g/mol. The smallest absolute Gasteiger partial charge is 0.462 e. The zero-order chi connectivity index (χ0) is 70.7. The molecule has 0 radical (unpaired) electrons. The third-order valence-corrected chi connectivity index (χ3v) is 19.2. The average molecular weight is 1410 g/mol. The van der Waals surface area contributed by atoms with Crippen LogP contribution < -0.4 is 0 Å². The van der Waals surface area contributed by atoms with Gasteiger partial charge < -0.3 is 33.8 Å². The normalized spacial score (nSPS) is 14.2. The second-order valence-electron chi connectivity index (χ2n) is 28.0. The standard InChI is InChI=1S/C77H146O17P2/c1-7-9-11-13-15-17-19-21-23-27-30-34-41-47-53-59-74(79)87-65-72(93-77(82)62-56-50-44-36-32-28-24-25-29-33-39-45-51-57-69(3)4)67-91-95(83,84)89-63-71(78)64-90-96(85,86)92-68-73(66-88-75(80)60-54-48-42-38-37-40-46-52-58-70(5)6)94-76(81)61-55-49-43-35-31-26-22-20-18-16-14-12-10-8-2/h17,19,21,23,69-73,78H,7-16,18,20,22,24-68H2,1-6H3,(H,83,84)(H,85,86)/b19-17-,23-21-/t71-,72-,73-/m1/s1. The molecule has 0 heterocycles. The van der Waals surface area contributed by atoms with Gasteiger partial charge in [0, 0.05) is 25.7 Å². The van der Waals surface area contributed by atoms with Crippen LogP contribution in [0.5, 0.6) is 0 Å². The minimum atomic E-state index is -4.97. The number of hydrogen-bond donors (Lipinski definition) is 3. The summed E-state index contributed by atoms with van der Waals surface area (Å²) in [5, 5.41) is 10.6. The molecule has 0 spiro atoms. The van der Waals surface area contributed by atoms with Crippen molar-refractivity contribution in [1.29, 1.82) is 0 Å². The Kier molecular flexibility index (Phi) is 66.6. The summed E-state index contributed by atoms with van der Waals surface area (Å²) >= 11 is 0. The van der Waals surface area contributed by atoms with Gasteiger partial charge in [-0.3, -0.25) is 37.3 Å². The van der Waals surface area contributed by atoms with Crippen LogP contribution in [0.1, 0.15) is 375 Å². The molecule has 0 saturated heterocycles. The highest BCUT2D eigenvalue weighted by Gasteiger charge is 2.30.